The molecule has 184 valence electrons. The largest absolute Gasteiger partial charge is 0.458 e. The van der Waals surface area contributed by atoms with Crippen LogP contribution in [0, 0.1) is 28.6 Å². The topological polar surface area (TPSA) is 132 Å². The molecule has 0 radical (unpaired) electrons. The van der Waals surface area contributed by atoms with Crippen LogP contribution in [-0.2, 0) is 9.53 Å². The van der Waals surface area contributed by atoms with Crippen molar-refractivity contribution in [2.75, 3.05) is 19.8 Å². The number of hydrogen-bond donors (Lipinski definition) is 5. The molecule has 8 heteroatoms. The molecule has 0 aromatic heterocycles. The van der Waals surface area contributed by atoms with Crippen LogP contribution in [0.25, 0.3) is 0 Å². The molecule has 0 saturated heterocycles. The van der Waals surface area contributed by atoms with Crippen molar-refractivity contribution in [2.45, 2.75) is 82.0 Å². The third-order valence-electron chi connectivity index (χ3n) is 10.2. The van der Waals surface area contributed by atoms with Gasteiger partial charge in [-0.05, 0) is 74.7 Å². The fourth-order valence-electron chi connectivity index (χ4n) is 8.64. The van der Waals surface area contributed by atoms with Crippen molar-refractivity contribution in [1.82, 2.24) is 5.43 Å². The van der Waals surface area contributed by atoms with Crippen molar-refractivity contribution >= 4 is 12.2 Å². The Labute approximate surface area is 195 Å². The summed E-state index contributed by atoms with van der Waals surface area (Å²) in [4.78, 5) is 11.7. The number of fused-ring (bicyclic) bond motifs is 5. The maximum atomic E-state index is 12.3. The lowest BCUT2D eigenvalue weighted by Crippen LogP contribution is -2.68. The van der Waals surface area contributed by atoms with E-state index in [0.717, 1.165) is 24.8 Å². The standard InChI is InChI=1S/C25H38N2O6/c1-22-6-3-19-20(25(22,32)9-5-18(22)16-12-21(30)33-14-16)4-8-24(31)13-17(29)2-7-23(19,24)15-27-26-10-11-28/h12,15,17-20,26,28-29,31-32H,2-11,13-14H2,1H3/t17?,18?,19?,20?,22-,23+,24?,25?/m1/s1. The second kappa shape index (κ2) is 8.04. The summed E-state index contributed by atoms with van der Waals surface area (Å²) >= 11 is 0. The summed E-state index contributed by atoms with van der Waals surface area (Å²) in [5, 5.41) is 48.1. The maximum Gasteiger partial charge on any atom is 0.331 e. The Hall–Kier alpha value is -1.48. The molecule has 4 saturated carbocycles. The Bertz CT molecular complexity index is 862. The van der Waals surface area contributed by atoms with Crippen molar-refractivity contribution in [1.29, 1.82) is 0 Å². The van der Waals surface area contributed by atoms with E-state index in [1.807, 2.05) is 6.21 Å². The van der Waals surface area contributed by atoms with Crippen molar-refractivity contribution in [3.8, 4) is 0 Å². The molecule has 0 spiro atoms. The van der Waals surface area contributed by atoms with Gasteiger partial charge >= 0.3 is 5.97 Å². The second-order valence-electron chi connectivity index (χ2n) is 11.4. The first-order valence-corrected chi connectivity index (χ1v) is 12.6. The van der Waals surface area contributed by atoms with Gasteiger partial charge in [-0.3, -0.25) is 0 Å². The number of nitrogens with zero attached hydrogens (tertiary/aromatic N) is 1. The predicted molar refractivity (Wildman–Crippen MR) is 121 cm³/mol. The van der Waals surface area contributed by atoms with Gasteiger partial charge in [-0.2, -0.15) is 5.10 Å². The van der Waals surface area contributed by atoms with Crippen molar-refractivity contribution in [2.24, 2.45) is 33.7 Å². The van der Waals surface area contributed by atoms with Crippen LogP contribution < -0.4 is 5.43 Å². The van der Waals surface area contributed by atoms with E-state index in [2.05, 4.69) is 17.5 Å². The van der Waals surface area contributed by atoms with E-state index < -0.39 is 22.7 Å². The molecule has 4 aliphatic carbocycles. The number of hydrogen-bond acceptors (Lipinski definition) is 8. The molecular weight excluding hydrogens is 424 g/mol. The fraction of sp³-hybridized carbons (Fsp3) is 0.840. The van der Waals surface area contributed by atoms with Crippen LogP contribution in [-0.4, -0.2) is 69.7 Å². The highest BCUT2D eigenvalue weighted by molar-refractivity contribution is 5.85. The van der Waals surface area contributed by atoms with Gasteiger partial charge in [-0.15, -0.1) is 0 Å². The number of hydrazone groups is 1. The molecule has 0 aromatic carbocycles. The Morgan fingerprint density at radius 2 is 1.94 bits per heavy atom. The number of esters is 1. The molecule has 6 unspecified atom stereocenters. The van der Waals surface area contributed by atoms with E-state index in [-0.39, 0.29) is 35.7 Å². The molecular formula is C25H38N2O6. The highest BCUT2D eigenvalue weighted by atomic mass is 16.5. The Morgan fingerprint density at radius 3 is 2.67 bits per heavy atom. The van der Waals surface area contributed by atoms with E-state index in [4.69, 9.17) is 9.84 Å². The Morgan fingerprint density at radius 1 is 1.15 bits per heavy atom. The lowest BCUT2D eigenvalue weighted by atomic mass is 9.41. The minimum atomic E-state index is -1.06. The van der Waals surface area contributed by atoms with Gasteiger partial charge in [0.25, 0.3) is 0 Å². The summed E-state index contributed by atoms with van der Waals surface area (Å²) in [5.74, 6) is -0.0955. The van der Waals surface area contributed by atoms with E-state index in [1.165, 1.54) is 0 Å². The number of nitrogens with one attached hydrogen (secondary N) is 1. The molecule has 0 bridgehead atoms. The zero-order valence-corrected chi connectivity index (χ0v) is 19.5. The monoisotopic (exact) mass is 462 g/mol. The van der Waals surface area contributed by atoms with E-state index in [0.29, 0.717) is 51.7 Å². The van der Waals surface area contributed by atoms with Gasteiger partial charge in [-0.1, -0.05) is 6.92 Å². The van der Waals surface area contributed by atoms with Crippen molar-refractivity contribution in [3.05, 3.63) is 11.6 Å². The Balaban J connectivity index is 1.50. The highest BCUT2D eigenvalue weighted by Gasteiger charge is 2.71. The quantitative estimate of drug-likeness (QED) is 0.180. The summed E-state index contributed by atoms with van der Waals surface area (Å²) in [7, 11) is 0. The van der Waals surface area contributed by atoms with Gasteiger partial charge in [-0.25, -0.2) is 4.79 Å². The molecule has 8 atom stereocenters. The van der Waals surface area contributed by atoms with E-state index >= 15 is 0 Å². The van der Waals surface area contributed by atoms with Gasteiger partial charge in [0, 0.05) is 29.5 Å². The first-order valence-electron chi connectivity index (χ1n) is 12.6. The number of ether oxygens (including phenoxy) is 1. The molecule has 1 heterocycles. The SMILES string of the molecule is C[C@]12CCC3C(CCC4(O)CC(O)CC[C@]34C=NNCCO)C1(O)CCC2C1=CC(=O)OC1. The van der Waals surface area contributed by atoms with Crippen molar-refractivity contribution in [3.63, 3.8) is 0 Å². The number of rotatable bonds is 5. The molecule has 5 rings (SSSR count). The third kappa shape index (κ3) is 3.24. The van der Waals surface area contributed by atoms with Crippen molar-refractivity contribution < 1.29 is 30.0 Å². The third-order valence-corrected chi connectivity index (χ3v) is 10.2. The van der Waals surface area contributed by atoms with Crippen LogP contribution in [0.4, 0.5) is 0 Å². The predicted octanol–water partition coefficient (Wildman–Crippen LogP) is 1.27. The number of aliphatic hydroxyl groups is 4. The van der Waals surface area contributed by atoms with Crippen LogP contribution in [0.2, 0.25) is 0 Å². The molecule has 5 N–H and O–H groups in total. The Kier molecular flexibility index (Phi) is 5.67. The highest BCUT2D eigenvalue weighted by Crippen LogP contribution is 2.70. The minimum absolute atomic E-state index is 0.0136. The van der Waals surface area contributed by atoms with Gasteiger partial charge in [0.2, 0.25) is 0 Å². The van der Waals surface area contributed by atoms with Crippen LogP contribution >= 0.6 is 0 Å². The number of cyclic esters (lactones) is 1. The van der Waals surface area contributed by atoms with E-state index in [1.54, 1.807) is 6.08 Å². The number of carbonyl (C=O) groups excluding carboxylic acids is 1. The summed E-state index contributed by atoms with van der Waals surface area (Å²) in [6.07, 6.45) is 8.88. The summed E-state index contributed by atoms with van der Waals surface area (Å²) < 4.78 is 5.20. The zero-order valence-electron chi connectivity index (χ0n) is 19.5. The van der Waals surface area contributed by atoms with Crippen LogP contribution in [0.15, 0.2) is 16.8 Å². The summed E-state index contributed by atoms with van der Waals surface area (Å²) in [6, 6.07) is 0. The molecule has 0 amide bonds. The van der Waals surface area contributed by atoms with Gasteiger partial charge in [0.1, 0.15) is 6.61 Å². The maximum absolute atomic E-state index is 12.3. The molecule has 5 aliphatic rings. The molecule has 0 aromatic rings. The summed E-state index contributed by atoms with van der Waals surface area (Å²) in [6.45, 7) is 2.82. The van der Waals surface area contributed by atoms with E-state index in [9.17, 15) is 20.1 Å². The smallest absolute Gasteiger partial charge is 0.331 e. The zero-order chi connectivity index (χ0) is 23.5. The molecule has 33 heavy (non-hydrogen) atoms. The molecule has 8 nitrogen and oxygen atoms in total. The fourth-order valence-corrected chi connectivity index (χ4v) is 8.64. The number of aliphatic hydroxyl groups excluding tert-OH is 2. The minimum Gasteiger partial charge on any atom is -0.458 e. The molecule has 4 fully saturated rings. The normalized spacial score (nSPS) is 49.2. The lowest BCUT2D eigenvalue weighted by Gasteiger charge is -2.65. The second-order valence-corrected chi connectivity index (χ2v) is 11.4. The lowest BCUT2D eigenvalue weighted by molar-refractivity contribution is -0.237. The van der Waals surface area contributed by atoms with Crippen LogP contribution in [0.3, 0.4) is 0 Å². The average molecular weight is 463 g/mol. The van der Waals surface area contributed by atoms with Crippen LogP contribution in [0.1, 0.15) is 64.7 Å². The number of carbonyl (C=O) groups is 1. The van der Waals surface area contributed by atoms with Crippen LogP contribution in [0.5, 0.6) is 0 Å². The van der Waals surface area contributed by atoms with Gasteiger partial charge < -0.3 is 30.6 Å². The first kappa shape index (κ1) is 23.3. The molecule has 1 aliphatic heterocycles. The van der Waals surface area contributed by atoms with Gasteiger partial charge in [0.05, 0.1) is 30.5 Å². The average Bonchev–Trinajstić information content (AvgIpc) is 3.31. The first-order chi connectivity index (χ1) is 15.7. The van der Waals surface area contributed by atoms with Gasteiger partial charge in [0.15, 0.2) is 0 Å². The summed E-state index contributed by atoms with van der Waals surface area (Å²) in [5.41, 5.74) is 0.968.